The molecular formula is C6H6O. The maximum absolute atomic E-state index is 10.3. The van der Waals surface area contributed by atoms with Crippen molar-refractivity contribution in [3.05, 3.63) is 30.4 Å². The zero-order valence-corrected chi connectivity index (χ0v) is 3.92. The van der Waals surface area contributed by atoms with E-state index < -0.39 is 0 Å². The molecule has 0 aromatic heterocycles. The van der Waals surface area contributed by atoms with Gasteiger partial charge in [0.25, 0.3) is 0 Å². The molecule has 0 spiro atoms. The molecule has 0 bridgehead atoms. The molecule has 7 heavy (non-hydrogen) atoms. The maximum Gasteiger partial charge on any atom is 0.159 e. The van der Waals surface area contributed by atoms with Gasteiger partial charge in [-0.2, -0.15) is 0 Å². The first-order valence-electron chi connectivity index (χ1n) is 2.26. The Labute approximate surface area is 43.0 Å². The van der Waals surface area contributed by atoms with Gasteiger partial charge in [-0.25, -0.2) is 0 Å². The topological polar surface area (TPSA) is 19.9 Å². The molecular weight excluding hydrogens is 88.1 g/mol. The molecule has 36 valence electrons. The minimum atomic E-state index is 0.127. The Morgan fingerprint density at radius 3 is 2.71 bits per heavy atom. The SMILES string of the molecule is [O]C1=CC=CC[CH]1. The van der Waals surface area contributed by atoms with Gasteiger partial charge in [-0.15, -0.1) is 0 Å². The molecule has 0 aromatic rings. The van der Waals surface area contributed by atoms with Gasteiger partial charge in [-0.05, 0) is 12.5 Å². The van der Waals surface area contributed by atoms with E-state index in [0.29, 0.717) is 0 Å². The van der Waals surface area contributed by atoms with Gasteiger partial charge in [0.05, 0.1) is 0 Å². The predicted molar refractivity (Wildman–Crippen MR) is 26.8 cm³/mol. The van der Waals surface area contributed by atoms with Gasteiger partial charge in [0.15, 0.2) is 5.76 Å². The first kappa shape index (κ1) is 4.44. The second-order valence-corrected chi connectivity index (χ2v) is 1.44. The number of rotatable bonds is 0. The summed E-state index contributed by atoms with van der Waals surface area (Å²) >= 11 is 0. The summed E-state index contributed by atoms with van der Waals surface area (Å²) in [6.07, 6.45) is 7.74. The number of hydrogen-bond donors (Lipinski definition) is 0. The Bertz CT molecular complexity index is 111. The third-order valence-corrected chi connectivity index (χ3v) is 0.852. The van der Waals surface area contributed by atoms with Crippen LogP contribution in [0.15, 0.2) is 24.0 Å². The summed E-state index contributed by atoms with van der Waals surface area (Å²) in [7, 11) is 0. The average Bonchev–Trinajstić information content (AvgIpc) is 1.69. The summed E-state index contributed by atoms with van der Waals surface area (Å²) in [6.45, 7) is 0. The van der Waals surface area contributed by atoms with E-state index in [1.54, 1.807) is 18.6 Å². The molecule has 1 aliphatic rings. The maximum atomic E-state index is 10.3. The van der Waals surface area contributed by atoms with Crippen LogP contribution in [0.5, 0.6) is 0 Å². The molecule has 1 nitrogen and oxygen atoms in total. The quantitative estimate of drug-likeness (QED) is 0.433. The van der Waals surface area contributed by atoms with Gasteiger partial charge >= 0.3 is 0 Å². The Kier molecular flexibility index (Phi) is 1.16. The molecule has 0 fully saturated rings. The minimum absolute atomic E-state index is 0.127. The van der Waals surface area contributed by atoms with E-state index in [9.17, 15) is 5.11 Å². The van der Waals surface area contributed by atoms with Crippen LogP contribution in [0.2, 0.25) is 0 Å². The highest BCUT2D eigenvalue weighted by molar-refractivity contribution is 5.19. The molecule has 2 radical (unpaired) electrons. The van der Waals surface area contributed by atoms with E-state index in [2.05, 4.69) is 0 Å². The molecule has 0 N–H and O–H groups in total. The van der Waals surface area contributed by atoms with Crippen molar-refractivity contribution in [1.29, 1.82) is 0 Å². The van der Waals surface area contributed by atoms with Crippen molar-refractivity contribution in [2.24, 2.45) is 0 Å². The van der Waals surface area contributed by atoms with Crippen LogP contribution < -0.4 is 0 Å². The summed E-state index contributed by atoms with van der Waals surface area (Å²) < 4.78 is 0. The van der Waals surface area contributed by atoms with Gasteiger partial charge in [0.2, 0.25) is 0 Å². The van der Waals surface area contributed by atoms with E-state index >= 15 is 0 Å². The molecule has 1 aliphatic carbocycles. The normalized spacial score (nSPS) is 19.1. The zero-order chi connectivity index (χ0) is 5.11. The zero-order valence-electron chi connectivity index (χ0n) is 3.92. The Balaban J connectivity index is 2.57. The molecule has 0 atom stereocenters. The molecule has 0 aromatic carbocycles. The van der Waals surface area contributed by atoms with Gasteiger partial charge < -0.3 is 0 Å². The molecule has 0 aliphatic heterocycles. The highest BCUT2D eigenvalue weighted by Gasteiger charge is 1.95. The monoisotopic (exact) mass is 94.0 g/mol. The van der Waals surface area contributed by atoms with E-state index in [4.69, 9.17) is 0 Å². The van der Waals surface area contributed by atoms with E-state index in [1.807, 2.05) is 6.08 Å². The predicted octanol–water partition coefficient (Wildman–Crippen LogP) is 1.46. The smallest absolute Gasteiger partial charge is 0.159 e. The first-order chi connectivity index (χ1) is 3.39. The second-order valence-electron chi connectivity index (χ2n) is 1.44. The van der Waals surface area contributed by atoms with Crippen LogP contribution in [0.3, 0.4) is 0 Å². The third kappa shape index (κ3) is 1.07. The van der Waals surface area contributed by atoms with Crippen molar-refractivity contribution in [3.63, 3.8) is 0 Å². The summed E-state index contributed by atoms with van der Waals surface area (Å²) in [6, 6.07) is 0. The van der Waals surface area contributed by atoms with Gasteiger partial charge in [0.1, 0.15) is 0 Å². The summed E-state index contributed by atoms with van der Waals surface area (Å²) in [4.78, 5) is 0. The Hall–Kier alpha value is -0.720. The van der Waals surface area contributed by atoms with Crippen molar-refractivity contribution in [2.75, 3.05) is 0 Å². The van der Waals surface area contributed by atoms with E-state index in [0.717, 1.165) is 6.42 Å². The molecule has 0 amide bonds. The molecule has 1 heteroatoms. The standard InChI is InChI=1S/C6H6O/c7-6-4-2-1-3-5-6/h1-2,4-5H,3H2. The highest BCUT2D eigenvalue weighted by atomic mass is 16.3. The van der Waals surface area contributed by atoms with Crippen molar-refractivity contribution in [2.45, 2.75) is 6.42 Å². The van der Waals surface area contributed by atoms with Crippen molar-refractivity contribution < 1.29 is 5.11 Å². The molecule has 0 saturated carbocycles. The van der Waals surface area contributed by atoms with Crippen LogP contribution in [-0.4, -0.2) is 0 Å². The molecule has 0 heterocycles. The molecule has 0 unspecified atom stereocenters. The third-order valence-electron chi connectivity index (χ3n) is 0.852. The lowest BCUT2D eigenvalue weighted by molar-refractivity contribution is 0.304. The van der Waals surface area contributed by atoms with Gasteiger partial charge in [0, 0.05) is 6.42 Å². The second kappa shape index (κ2) is 1.82. The molecule has 0 saturated heterocycles. The van der Waals surface area contributed by atoms with Crippen LogP contribution in [0.1, 0.15) is 6.42 Å². The lowest BCUT2D eigenvalue weighted by Crippen LogP contribution is -1.81. The summed E-state index contributed by atoms with van der Waals surface area (Å²) in [5.41, 5.74) is 0. The largest absolute Gasteiger partial charge is 0.295 e. The fourth-order valence-electron chi connectivity index (χ4n) is 0.494. The number of allylic oxidation sites excluding steroid dienone is 4. The lowest BCUT2D eigenvalue weighted by atomic mass is 10.2. The lowest BCUT2D eigenvalue weighted by Gasteiger charge is -1.93. The van der Waals surface area contributed by atoms with Crippen LogP contribution in [0.4, 0.5) is 0 Å². The fraction of sp³-hybridized carbons (Fsp3) is 0.167. The number of hydrogen-bond acceptors (Lipinski definition) is 0. The Morgan fingerprint density at radius 1 is 1.57 bits per heavy atom. The van der Waals surface area contributed by atoms with Crippen molar-refractivity contribution in [1.82, 2.24) is 0 Å². The summed E-state index contributed by atoms with van der Waals surface area (Å²) in [5, 5.41) is 10.3. The van der Waals surface area contributed by atoms with Crippen LogP contribution in [0.25, 0.3) is 0 Å². The van der Waals surface area contributed by atoms with E-state index in [1.165, 1.54) is 0 Å². The van der Waals surface area contributed by atoms with Crippen LogP contribution >= 0.6 is 0 Å². The molecule has 1 rings (SSSR count). The van der Waals surface area contributed by atoms with Crippen molar-refractivity contribution >= 4 is 0 Å². The van der Waals surface area contributed by atoms with Crippen LogP contribution in [0, 0.1) is 6.42 Å². The van der Waals surface area contributed by atoms with E-state index in [-0.39, 0.29) is 5.76 Å². The first-order valence-corrected chi connectivity index (χ1v) is 2.26. The van der Waals surface area contributed by atoms with Crippen molar-refractivity contribution in [3.8, 4) is 0 Å². The van der Waals surface area contributed by atoms with Gasteiger partial charge in [-0.3, -0.25) is 5.11 Å². The minimum Gasteiger partial charge on any atom is -0.295 e. The average molecular weight is 94.1 g/mol. The Morgan fingerprint density at radius 2 is 2.43 bits per heavy atom. The summed E-state index contributed by atoms with van der Waals surface area (Å²) in [5.74, 6) is 0.127. The van der Waals surface area contributed by atoms with Gasteiger partial charge in [-0.1, -0.05) is 12.2 Å². The fourth-order valence-corrected chi connectivity index (χ4v) is 0.494. The highest BCUT2D eigenvalue weighted by Crippen LogP contribution is 2.05. The van der Waals surface area contributed by atoms with Crippen LogP contribution in [-0.2, 0) is 5.11 Å².